The van der Waals surface area contributed by atoms with Crippen LogP contribution in [-0.2, 0) is 4.74 Å². The number of nitrogens with zero attached hydrogens (tertiary/aromatic N) is 1. The van der Waals surface area contributed by atoms with Crippen molar-refractivity contribution < 1.29 is 18.4 Å². The fraction of sp³-hybridized carbons (Fsp3) is 0.500. The summed E-state index contributed by atoms with van der Waals surface area (Å²) in [5.41, 5.74) is -0.875. The topological polar surface area (TPSA) is 64.4 Å². The summed E-state index contributed by atoms with van der Waals surface area (Å²) < 4.78 is 31.9. The van der Waals surface area contributed by atoms with Gasteiger partial charge in [-0.25, -0.2) is 4.39 Å². The molecule has 0 heterocycles. The molecule has 7 heteroatoms. The molecule has 1 fully saturated rings. The first-order valence-corrected chi connectivity index (χ1v) is 5.95. The second-order valence-corrected chi connectivity index (χ2v) is 4.50. The van der Waals surface area contributed by atoms with Crippen LogP contribution in [0.5, 0.6) is 0 Å². The third kappa shape index (κ3) is 2.81. The van der Waals surface area contributed by atoms with Crippen molar-refractivity contribution in [3.05, 3.63) is 33.9 Å². The summed E-state index contributed by atoms with van der Waals surface area (Å²) in [5.74, 6) is -2.03. The van der Waals surface area contributed by atoms with Gasteiger partial charge in [0.25, 0.3) is 0 Å². The van der Waals surface area contributed by atoms with Gasteiger partial charge < -0.3 is 10.1 Å². The molecular weight excluding hydrogens is 258 g/mol. The van der Waals surface area contributed by atoms with E-state index in [2.05, 4.69) is 5.32 Å². The fourth-order valence-electron chi connectivity index (χ4n) is 2.43. The number of benzene rings is 1. The van der Waals surface area contributed by atoms with Crippen LogP contribution in [-0.4, -0.2) is 24.2 Å². The Morgan fingerprint density at radius 2 is 2.16 bits per heavy atom. The van der Waals surface area contributed by atoms with Gasteiger partial charge in [-0.2, -0.15) is 4.39 Å². The van der Waals surface area contributed by atoms with E-state index in [1.807, 2.05) is 0 Å². The Hall–Kier alpha value is -1.76. The monoisotopic (exact) mass is 272 g/mol. The van der Waals surface area contributed by atoms with Crippen molar-refractivity contribution in [1.82, 2.24) is 0 Å². The van der Waals surface area contributed by atoms with Crippen LogP contribution in [0.25, 0.3) is 0 Å². The Morgan fingerprint density at radius 3 is 2.79 bits per heavy atom. The molecule has 0 bridgehead atoms. The Morgan fingerprint density at radius 1 is 1.42 bits per heavy atom. The molecule has 2 atom stereocenters. The van der Waals surface area contributed by atoms with Gasteiger partial charge >= 0.3 is 5.69 Å². The summed E-state index contributed by atoms with van der Waals surface area (Å²) in [7, 11) is 1.55. The molecule has 1 aromatic rings. The van der Waals surface area contributed by atoms with Crippen LogP contribution in [0.4, 0.5) is 20.2 Å². The standard InChI is InChI=1S/C12H14F2N2O3/c1-19-11-4-2-3-9(11)15-10-6-7(13)5-8(14)12(10)16(17)18/h5-6,9,11,15H,2-4H2,1H3. The largest absolute Gasteiger partial charge is 0.379 e. The van der Waals surface area contributed by atoms with Crippen molar-refractivity contribution in [1.29, 1.82) is 0 Å². The number of methoxy groups -OCH3 is 1. The van der Waals surface area contributed by atoms with Gasteiger partial charge in [-0.15, -0.1) is 0 Å². The number of hydrogen-bond acceptors (Lipinski definition) is 4. The smallest absolute Gasteiger partial charge is 0.327 e. The molecular formula is C12H14F2N2O3. The van der Waals surface area contributed by atoms with E-state index in [-0.39, 0.29) is 17.8 Å². The van der Waals surface area contributed by atoms with Gasteiger partial charge in [0.05, 0.1) is 17.1 Å². The van der Waals surface area contributed by atoms with E-state index in [9.17, 15) is 18.9 Å². The lowest BCUT2D eigenvalue weighted by molar-refractivity contribution is -0.386. The van der Waals surface area contributed by atoms with E-state index in [0.29, 0.717) is 6.07 Å². The number of anilines is 1. The number of halogens is 2. The van der Waals surface area contributed by atoms with Gasteiger partial charge in [-0.1, -0.05) is 0 Å². The highest BCUT2D eigenvalue weighted by Gasteiger charge is 2.30. The van der Waals surface area contributed by atoms with Crippen LogP contribution in [0.15, 0.2) is 12.1 Å². The van der Waals surface area contributed by atoms with E-state index < -0.39 is 22.2 Å². The highest BCUT2D eigenvalue weighted by atomic mass is 19.1. The molecule has 0 spiro atoms. The van der Waals surface area contributed by atoms with Gasteiger partial charge in [0.2, 0.25) is 5.82 Å². The van der Waals surface area contributed by atoms with Gasteiger partial charge in [-0.3, -0.25) is 10.1 Å². The maximum absolute atomic E-state index is 13.5. The summed E-state index contributed by atoms with van der Waals surface area (Å²) in [5, 5.41) is 13.7. The highest BCUT2D eigenvalue weighted by molar-refractivity contribution is 5.63. The third-order valence-electron chi connectivity index (χ3n) is 3.31. The quantitative estimate of drug-likeness (QED) is 0.676. The van der Waals surface area contributed by atoms with Gasteiger partial charge in [-0.05, 0) is 19.3 Å². The maximum atomic E-state index is 13.5. The average molecular weight is 272 g/mol. The Balaban J connectivity index is 2.31. The first-order valence-electron chi connectivity index (χ1n) is 5.95. The molecule has 0 radical (unpaired) electrons. The molecule has 1 saturated carbocycles. The minimum Gasteiger partial charge on any atom is -0.379 e. The highest BCUT2D eigenvalue weighted by Crippen LogP contribution is 2.32. The lowest BCUT2D eigenvalue weighted by Gasteiger charge is -2.20. The predicted molar refractivity (Wildman–Crippen MR) is 65.1 cm³/mol. The minimum absolute atomic E-state index is 0.106. The molecule has 5 nitrogen and oxygen atoms in total. The molecule has 104 valence electrons. The van der Waals surface area contributed by atoms with Gasteiger partial charge in [0.1, 0.15) is 11.5 Å². The molecule has 0 aliphatic heterocycles. The van der Waals surface area contributed by atoms with Gasteiger partial charge in [0.15, 0.2) is 0 Å². The normalized spacial score (nSPS) is 22.5. The van der Waals surface area contributed by atoms with Crippen LogP contribution in [0.1, 0.15) is 19.3 Å². The lowest BCUT2D eigenvalue weighted by atomic mass is 10.1. The maximum Gasteiger partial charge on any atom is 0.327 e. The van der Waals surface area contributed by atoms with E-state index in [1.165, 1.54) is 0 Å². The molecule has 1 aliphatic rings. The second-order valence-electron chi connectivity index (χ2n) is 4.50. The number of ether oxygens (including phenoxy) is 1. The van der Waals surface area contributed by atoms with Crippen molar-refractivity contribution in [2.45, 2.75) is 31.4 Å². The van der Waals surface area contributed by atoms with E-state index >= 15 is 0 Å². The summed E-state index contributed by atoms with van der Waals surface area (Å²) in [6, 6.07) is 1.27. The first kappa shape index (κ1) is 13.7. The van der Waals surface area contributed by atoms with Crippen molar-refractivity contribution in [3.8, 4) is 0 Å². The van der Waals surface area contributed by atoms with E-state index in [4.69, 9.17) is 4.74 Å². The molecule has 0 amide bonds. The summed E-state index contributed by atoms with van der Waals surface area (Å²) in [4.78, 5) is 10.00. The molecule has 2 rings (SSSR count). The molecule has 0 aromatic heterocycles. The zero-order chi connectivity index (χ0) is 14.0. The predicted octanol–water partition coefficient (Wildman–Crippen LogP) is 2.85. The van der Waals surface area contributed by atoms with Crippen molar-refractivity contribution >= 4 is 11.4 Å². The van der Waals surface area contributed by atoms with Crippen LogP contribution in [0.3, 0.4) is 0 Å². The van der Waals surface area contributed by atoms with Crippen LogP contribution >= 0.6 is 0 Å². The van der Waals surface area contributed by atoms with E-state index in [0.717, 1.165) is 25.3 Å². The number of nitro benzene ring substituents is 1. The Kier molecular flexibility index (Phi) is 3.94. The summed E-state index contributed by atoms with van der Waals surface area (Å²) in [6.07, 6.45) is 2.36. The Labute approximate surface area is 108 Å². The zero-order valence-electron chi connectivity index (χ0n) is 10.4. The Bertz CT molecular complexity index is 496. The van der Waals surface area contributed by atoms with Crippen LogP contribution in [0, 0.1) is 21.7 Å². The number of rotatable bonds is 4. The summed E-state index contributed by atoms with van der Waals surface area (Å²) in [6.45, 7) is 0. The van der Waals surface area contributed by atoms with Crippen molar-refractivity contribution in [3.63, 3.8) is 0 Å². The number of hydrogen-bond donors (Lipinski definition) is 1. The lowest BCUT2D eigenvalue weighted by Crippen LogP contribution is -2.30. The van der Waals surface area contributed by atoms with Crippen LogP contribution < -0.4 is 5.32 Å². The molecule has 0 saturated heterocycles. The number of nitro groups is 1. The van der Waals surface area contributed by atoms with Crippen molar-refractivity contribution in [2.24, 2.45) is 0 Å². The van der Waals surface area contributed by atoms with Crippen molar-refractivity contribution in [2.75, 3.05) is 12.4 Å². The molecule has 1 N–H and O–H groups in total. The fourth-order valence-corrected chi connectivity index (χ4v) is 2.43. The van der Waals surface area contributed by atoms with Gasteiger partial charge in [0, 0.05) is 19.2 Å². The number of nitrogens with one attached hydrogen (secondary N) is 1. The first-order chi connectivity index (χ1) is 9.02. The molecule has 19 heavy (non-hydrogen) atoms. The van der Waals surface area contributed by atoms with Crippen LogP contribution in [0.2, 0.25) is 0 Å². The van der Waals surface area contributed by atoms with E-state index in [1.54, 1.807) is 7.11 Å². The average Bonchev–Trinajstić information content (AvgIpc) is 2.74. The zero-order valence-corrected chi connectivity index (χ0v) is 10.4. The summed E-state index contributed by atoms with van der Waals surface area (Å²) >= 11 is 0. The SMILES string of the molecule is COC1CCCC1Nc1cc(F)cc(F)c1[N+](=O)[O-]. The third-order valence-corrected chi connectivity index (χ3v) is 3.31. The minimum atomic E-state index is -1.18. The second kappa shape index (κ2) is 5.48. The molecule has 2 unspecified atom stereocenters. The molecule has 1 aliphatic carbocycles. The molecule has 1 aromatic carbocycles.